The zero-order chi connectivity index (χ0) is 35.8. The van der Waals surface area contributed by atoms with E-state index in [1.807, 2.05) is 28.0 Å². The van der Waals surface area contributed by atoms with Gasteiger partial charge in [-0.15, -0.1) is 0 Å². The molecular formula is C42H57N5O4. The minimum atomic E-state index is -0.185. The molecule has 2 aromatic heterocycles. The number of aromatic nitrogens is 3. The first-order valence-corrected chi connectivity index (χ1v) is 19.5. The Morgan fingerprint density at radius 3 is 2.33 bits per heavy atom. The number of rotatable bonds is 11. The second kappa shape index (κ2) is 14.6. The Labute approximate surface area is 303 Å². The predicted molar refractivity (Wildman–Crippen MR) is 198 cm³/mol. The highest BCUT2D eigenvalue weighted by atomic mass is 16.6. The molecule has 2 bridgehead atoms. The molecule has 9 heteroatoms. The summed E-state index contributed by atoms with van der Waals surface area (Å²) in [5, 5.41) is 8.21. The Morgan fingerprint density at radius 2 is 1.71 bits per heavy atom. The van der Waals surface area contributed by atoms with Crippen molar-refractivity contribution >= 4 is 12.0 Å². The number of methoxy groups -OCH3 is 1. The quantitative estimate of drug-likeness (QED) is 0.216. The number of hydrogen-bond acceptors (Lipinski definition) is 6. The van der Waals surface area contributed by atoms with E-state index in [4.69, 9.17) is 14.5 Å². The van der Waals surface area contributed by atoms with E-state index in [0.29, 0.717) is 5.92 Å². The first-order valence-electron chi connectivity index (χ1n) is 19.5. The molecule has 5 fully saturated rings. The molecule has 51 heavy (non-hydrogen) atoms. The smallest absolute Gasteiger partial charge is 0.410 e. The van der Waals surface area contributed by atoms with Gasteiger partial charge in [0.15, 0.2) is 0 Å². The van der Waals surface area contributed by atoms with Gasteiger partial charge in [0.2, 0.25) is 5.91 Å². The van der Waals surface area contributed by atoms with Gasteiger partial charge in [-0.3, -0.25) is 14.5 Å². The predicted octanol–water partition coefficient (Wildman–Crippen LogP) is 8.72. The van der Waals surface area contributed by atoms with Gasteiger partial charge in [0, 0.05) is 43.0 Å². The van der Waals surface area contributed by atoms with E-state index in [0.717, 1.165) is 113 Å². The third-order valence-corrected chi connectivity index (χ3v) is 13.0. The van der Waals surface area contributed by atoms with Gasteiger partial charge in [0.25, 0.3) is 0 Å². The second-order valence-corrected chi connectivity index (χ2v) is 16.5. The Bertz CT molecular complexity index is 1680. The van der Waals surface area contributed by atoms with Crippen LogP contribution in [0.5, 0.6) is 5.75 Å². The molecule has 1 saturated heterocycles. The maximum atomic E-state index is 14.2. The fourth-order valence-electron chi connectivity index (χ4n) is 9.61. The highest BCUT2D eigenvalue weighted by Crippen LogP contribution is 2.62. The Kier molecular flexibility index (Phi) is 10.2. The number of pyridine rings is 1. The van der Waals surface area contributed by atoms with Gasteiger partial charge in [-0.25, -0.2) is 4.79 Å². The normalized spacial score (nSPS) is 26.8. The van der Waals surface area contributed by atoms with Gasteiger partial charge >= 0.3 is 6.09 Å². The van der Waals surface area contributed by atoms with Crippen LogP contribution in [0, 0.1) is 24.2 Å². The molecule has 3 aromatic rings. The summed E-state index contributed by atoms with van der Waals surface area (Å²) in [7, 11) is 1.74. The molecule has 3 heterocycles. The molecule has 4 aliphatic carbocycles. The molecule has 8 rings (SSSR count). The third kappa shape index (κ3) is 7.14. The lowest BCUT2D eigenvalue weighted by atomic mass is 9.49. The molecule has 9 nitrogen and oxygen atoms in total. The molecule has 1 aromatic carbocycles. The van der Waals surface area contributed by atoms with Crippen molar-refractivity contribution in [2.24, 2.45) is 17.3 Å². The van der Waals surface area contributed by atoms with E-state index in [9.17, 15) is 9.59 Å². The molecule has 0 radical (unpaired) electrons. The average molecular weight is 696 g/mol. The summed E-state index contributed by atoms with van der Waals surface area (Å²) in [6.45, 7) is 10.2. The van der Waals surface area contributed by atoms with Crippen LogP contribution in [0.3, 0.4) is 0 Å². The van der Waals surface area contributed by atoms with Gasteiger partial charge in [0.1, 0.15) is 11.9 Å². The summed E-state index contributed by atoms with van der Waals surface area (Å²) < 4.78 is 13.5. The van der Waals surface area contributed by atoms with Crippen molar-refractivity contribution < 1.29 is 19.1 Å². The number of carbonyl (C=O) groups is 2. The number of likely N-dealkylation sites (tertiary alicyclic amines) is 1. The van der Waals surface area contributed by atoms with Crippen LogP contribution in [0.2, 0.25) is 0 Å². The van der Waals surface area contributed by atoms with E-state index >= 15 is 0 Å². The highest BCUT2D eigenvalue weighted by Gasteiger charge is 2.54. The number of nitrogens with one attached hydrogen (secondary N) is 1. The minimum absolute atomic E-state index is 0.0632. The number of fused-ring (bicyclic) bond motifs is 3. The molecule has 1 N–H and O–H groups in total. The van der Waals surface area contributed by atoms with Gasteiger partial charge in [-0.2, -0.15) is 5.10 Å². The molecule has 2 amide bonds. The first kappa shape index (κ1) is 35.5. The molecule has 5 aliphatic rings. The van der Waals surface area contributed by atoms with Gasteiger partial charge in [-0.1, -0.05) is 25.5 Å². The van der Waals surface area contributed by atoms with E-state index < -0.39 is 0 Å². The van der Waals surface area contributed by atoms with Gasteiger partial charge < -0.3 is 19.7 Å². The SMILES string of the molecule is CCCC1CN(C(=O)OC2CCC(C(=O)NC(c3cc(-c4cnn(C(C)C)c4)ccn3)C34CCC(c5ccc(OC)c(C)c5)(CC3)CC4)CC2)C1. The number of nitrogens with zero attached hydrogens (tertiary/aromatic N) is 4. The number of benzene rings is 1. The number of amides is 2. The minimum Gasteiger partial charge on any atom is -0.496 e. The van der Waals surface area contributed by atoms with Crippen LogP contribution in [0.25, 0.3) is 11.1 Å². The maximum Gasteiger partial charge on any atom is 0.410 e. The van der Waals surface area contributed by atoms with E-state index in [-0.39, 0.29) is 46.9 Å². The molecule has 0 spiro atoms. The number of hydrogen-bond donors (Lipinski definition) is 1. The van der Waals surface area contributed by atoms with Crippen LogP contribution in [-0.4, -0.2) is 58.0 Å². The van der Waals surface area contributed by atoms with Crippen LogP contribution >= 0.6 is 0 Å². The van der Waals surface area contributed by atoms with Crippen molar-refractivity contribution in [3.05, 3.63) is 65.7 Å². The Hall–Kier alpha value is -3.88. The van der Waals surface area contributed by atoms with Crippen molar-refractivity contribution in [1.29, 1.82) is 0 Å². The molecule has 274 valence electrons. The number of aryl methyl sites for hydroxylation is 1. The Balaban J connectivity index is 1.07. The molecular weight excluding hydrogens is 638 g/mol. The molecule has 4 saturated carbocycles. The number of carbonyl (C=O) groups excluding carboxylic acids is 2. The monoisotopic (exact) mass is 695 g/mol. The molecule has 1 aliphatic heterocycles. The zero-order valence-corrected chi connectivity index (χ0v) is 31.3. The summed E-state index contributed by atoms with van der Waals surface area (Å²) in [5.41, 5.74) is 5.77. The fraction of sp³-hybridized carbons (Fsp3) is 0.619. The van der Waals surface area contributed by atoms with E-state index in [1.165, 1.54) is 11.1 Å². The van der Waals surface area contributed by atoms with Crippen molar-refractivity contribution in [3.8, 4) is 16.9 Å². The van der Waals surface area contributed by atoms with Crippen LogP contribution in [0.15, 0.2) is 48.9 Å². The van der Waals surface area contributed by atoms with Crippen molar-refractivity contribution in [2.75, 3.05) is 20.2 Å². The van der Waals surface area contributed by atoms with Crippen molar-refractivity contribution in [2.45, 2.75) is 128 Å². The summed E-state index contributed by atoms with van der Waals surface area (Å²) >= 11 is 0. The van der Waals surface area contributed by atoms with E-state index in [1.54, 1.807) is 7.11 Å². The standard InChI is InChI=1S/C42H57N5O4/c1-6-7-30-25-46(26-30)40(49)51-35-11-8-31(9-12-35)39(48)45-38(36-23-32(14-21-43-36)33-24-44-47(27-33)28(2)3)42-18-15-41(16-19-42,17-20-42)34-10-13-37(50-5)29(4)22-34/h10,13-14,21-24,27-28,30-31,35,38H,6-9,11-12,15-20,25-26H2,1-5H3,(H,45,48). The van der Waals surface area contributed by atoms with Gasteiger partial charge in [-0.05, 0) is 143 Å². The molecule has 1 atom stereocenters. The van der Waals surface area contributed by atoms with Crippen LogP contribution in [-0.2, 0) is 14.9 Å². The fourth-order valence-corrected chi connectivity index (χ4v) is 9.61. The number of ether oxygens (including phenoxy) is 2. The van der Waals surface area contributed by atoms with Crippen LogP contribution in [0.1, 0.15) is 127 Å². The largest absolute Gasteiger partial charge is 0.496 e. The first-order chi connectivity index (χ1) is 24.6. The topological polar surface area (TPSA) is 98.6 Å². The van der Waals surface area contributed by atoms with E-state index in [2.05, 4.69) is 68.6 Å². The summed E-state index contributed by atoms with van der Waals surface area (Å²) in [6.07, 6.45) is 17.2. The lowest BCUT2D eigenvalue weighted by molar-refractivity contribution is -0.129. The van der Waals surface area contributed by atoms with Gasteiger partial charge in [0.05, 0.1) is 25.0 Å². The van der Waals surface area contributed by atoms with Crippen molar-refractivity contribution in [3.63, 3.8) is 0 Å². The molecule has 1 unspecified atom stereocenters. The third-order valence-electron chi connectivity index (χ3n) is 13.0. The summed E-state index contributed by atoms with van der Waals surface area (Å²) in [4.78, 5) is 33.8. The lowest BCUT2D eigenvalue weighted by Gasteiger charge is -2.56. The maximum absolute atomic E-state index is 14.2. The summed E-state index contributed by atoms with van der Waals surface area (Å²) in [6, 6.07) is 11.1. The zero-order valence-electron chi connectivity index (χ0n) is 31.3. The van der Waals surface area contributed by atoms with Crippen molar-refractivity contribution in [1.82, 2.24) is 25.0 Å². The van der Waals surface area contributed by atoms with Crippen LogP contribution < -0.4 is 10.1 Å². The average Bonchev–Trinajstić information content (AvgIpc) is 3.64. The summed E-state index contributed by atoms with van der Waals surface area (Å²) in [5.74, 6) is 1.56. The Morgan fingerprint density at radius 1 is 0.980 bits per heavy atom. The second-order valence-electron chi connectivity index (χ2n) is 16.5. The highest BCUT2D eigenvalue weighted by molar-refractivity contribution is 5.79. The lowest BCUT2D eigenvalue weighted by Crippen LogP contribution is -2.52. The van der Waals surface area contributed by atoms with Crippen LogP contribution in [0.4, 0.5) is 4.79 Å².